The molecule has 2 atom stereocenters. The average Bonchev–Trinajstić information content (AvgIpc) is 2.36. The van der Waals surface area contributed by atoms with Crippen LogP contribution in [0.15, 0.2) is 21.5 Å². The van der Waals surface area contributed by atoms with E-state index in [1.165, 1.54) is 0 Å². The molecule has 1 aliphatic heterocycles. The number of hydrogen-bond donors (Lipinski definition) is 2. The summed E-state index contributed by atoms with van der Waals surface area (Å²) in [6.07, 6.45) is 0.824. The van der Waals surface area contributed by atoms with Crippen molar-refractivity contribution in [3.05, 3.63) is 28.2 Å². The molecule has 1 heterocycles. The van der Waals surface area contributed by atoms with E-state index in [4.69, 9.17) is 0 Å². The third-order valence-corrected chi connectivity index (χ3v) is 5.51. The van der Waals surface area contributed by atoms with Crippen molar-refractivity contribution in [1.82, 2.24) is 10.0 Å². The molecule has 0 aromatic heterocycles. The summed E-state index contributed by atoms with van der Waals surface area (Å²) in [6.45, 7) is 3.22. The highest BCUT2D eigenvalue weighted by molar-refractivity contribution is 9.10. The Balaban J connectivity index is 0.00000220. The Kier molecular flexibility index (Phi) is 6.54. The lowest BCUT2D eigenvalue weighted by atomic mass is 9.96. The molecule has 1 aliphatic rings. The summed E-state index contributed by atoms with van der Waals surface area (Å²) in [5.41, 5.74) is 0. The van der Waals surface area contributed by atoms with Crippen LogP contribution in [0.5, 0.6) is 0 Å². The van der Waals surface area contributed by atoms with Gasteiger partial charge in [0, 0.05) is 12.6 Å². The smallest absolute Gasteiger partial charge is 0.243 e. The highest BCUT2D eigenvalue weighted by Crippen LogP contribution is 2.24. The molecule has 0 bridgehead atoms. The van der Waals surface area contributed by atoms with Crippen molar-refractivity contribution in [3.63, 3.8) is 0 Å². The minimum absolute atomic E-state index is 0. The number of halogens is 4. The first kappa shape index (κ1) is 18.8. The molecule has 2 N–H and O–H groups in total. The number of rotatable bonds is 3. The maximum Gasteiger partial charge on any atom is 0.243 e. The van der Waals surface area contributed by atoms with Crippen LogP contribution in [-0.2, 0) is 10.0 Å². The van der Waals surface area contributed by atoms with Gasteiger partial charge >= 0.3 is 0 Å². The predicted octanol–water partition coefficient (Wildman–Crippen LogP) is 2.43. The van der Waals surface area contributed by atoms with E-state index < -0.39 is 26.6 Å². The molecular formula is C12H16BrClF2N2O2S. The van der Waals surface area contributed by atoms with Gasteiger partial charge in [-0.05, 0) is 46.9 Å². The van der Waals surface area contributed by atoms with Crippen LogP contribution in [0.1, 0.15) is 13.3 Å². The summed E-state index contributed by atoms with van der Waals surface area (Å²) >= 11 is 2.81. The number of hydrogen-bond acceptors (Lipinski definition) is 3. The quantitative estimate of drug-likeness (QED) is 0.760. The number of benzene rings is 1. The highest BCUT2D eigenvalue weighted by atomic mass is 79.9. The Bertz CT molecular complexity index is 616. The molecule has 0 saturated carbocycles. The molecule has 120 valence electrons. The minimum atomic E-state index is -4.09. The van der Waals surface area contributed by atoms with E-state index in [2.05, 4.69) is 26.0 Å². The molecule has 0 aliphatic carbocycles. The zero-order valence-corrected chi connectivity index (χ0v) is 14.4. The fraction of sp³-hybridized carbons (Fsp3) is 0.500. The van der Waals surface area contributed by atoms with Crippen molar-refractivity contribution in [3.8, 4) is 0 Å². The van der Waals surface area contributed by atoms with Crippen molar-refractivity contribution >= 4 is 38.4 Å². The van der Waals surface area contributed by atoms with Gasteiger partial charge in [-0.15, -0.1) is 12.4 Å². The van der Waals surface area contributed by atoms with Crippen LogP contribution < -0.4 is 10.0 Å². The zero-order valence-electron chi connectivity index (χ0n) is 11.2. The molecule has 1 aromatic carbocycles. The summed E-state index contributed by atoms with van der Waals surface area (Å²) in [4.78, 5) is -0.670. The molecule has 0 radical (unpaired) electrons. The van der Waals surface area contributed by atoms with E-state index in [0.29, 0.717) is 12.6 Å². The molecule has 21 heavy (non-hydrogen) atoms. The SMILES string of the molecule is CC1CCNCC1NS(=O)(=O)c1cc(F)c(Br)cc1F.Cl. The molecular weight excluding hydrogens is 390 g/mol. The monoisotopic (exact) mass is 404 g/mol. The third-order valence-electron chi connectivity index (χ3n) is 3.40. The van der Waals surface area contributed by atoms with Gasteiger partial charge in [0.15, 0.2) is 0 Å². The Hall–Kier alpha value is -0.280. The maximum absolute atomic E-state index is 13.7. The van der Waals surface area contributed by atoms with Crippen LogP contribution >= 0.6 is 28.3 Å². The van der Waals surface area contributed by atoms with E-state index in [9.17, 15) is 17.2 Å². The van der Waals surface area contributed by atoms with Crippen LogP contribution in [0, 0.1) is 17.6 Å². The first-order valence-corrected chi connectivity index (χ1v) is 8.46. The Morgan fingerprint density at radius 1 is 1.33 bits per heavy atom. The number of sulfonamides is 1. The summed E-state index contributed by atoms with van der Waals surface area (Å²) in [5.74, 6) is -1.67. The molecule has 9 heteroatoms. The lowest BCUT2D eigenvalue weighted by molar-refractivity contribution is 0.326. The molecule has 1 saturated heterocycles. The van der Waals surface area contributed by atoms with Gasteiger partial charge in [-0.25, -0.2) is 21.9 Å². The van der Waals surface area contributed by atoms with E-state index >= 15 is 0 Å². The van der Waals surface area contributed by atoms with Gasteiger partial charge in [-0.3, -0.25) is 0 Å². The first-order valence-electron chi connectivity index (χ1n) is 6.19. The molecule has 2 rings (SSSR count). The largest absolute Gasteiger partial charge is 0.315 e. The second kappa shape index (κ2) is 7.32. The van der Waals surface area contributed by atoms with Gasteiger partial charge in [0.2, 0.25) is 10.0 Å². The van der Waals surface area contributed by atoms with E-state index in [1.807, 2.05) is 6.92 Å². The fourth-order valence-electron chi connectivity index (χ4n) is 2.12. The molecule has 0 amide bonds. The summed E-state index contributed by atoms with van der Waals surface area (Å²) < 4.78 is 53.8. The molecule has 1 aromatic rings. The standard InChI is InChI=1S/C12H15BrF2N2O2S.ClH/c1-7-2-3-16-6-11(7)17-20(18,19)12-5-9(14)8(13)4-10(12)15;/h4-5,7,11,16-17H,2-3,6H2,1H3;1H. The predicted molar refractivity (Wildman–Crippen MR) is 82.1 cm³/mol. The van der Waals surface area contributed by atoms with Crippen molar-refractivity contribution < 1.29 is 17.2 Å². The van der Waals surface area contributed by atoms with Crippen molar-refractivity contribution in [1.29, 1.82) is 0 Å². The van der Waals surface area contributed by atoms with Crippen molar-refractivity contribution in [2.24, 2.45) is 5.92 Å². The van der Waals surface area contributed by atoms with Crippen LogP contribution in [0.3, 0.4) is 0 Å². The van der Waals surface area contributed by atoms with Crippen LogP contribution in [0.25, 0.3) is 0 Å². The van der Waals surface area contributed by atoms with Gasteiger partial charge in [-0.1, -0.05) is 6.92 Å². The Morgan fingerprint density at radius 2 is 2.00 bits per heavy atom. The van der Waals surface area contributed by atoms with Crippen LogP contribution in [-0.4, -0.2) is 27.5 Å². The van der Waals surface area contributed by atoms with E-state index in [0.717, 1.165) is 19.0 Å². The Labute approximate surface area is 137 Å². The molecule has 1 fully saturated rings. The van der Waals surface area contributed by atoms with Gasteiger partial charge < -0.3 is 5.32 Å². The van der Waals surface area contributed by atoms with E-state index in [-0.39, 0.29) is 28.8 Å². The van der Waals surface area contributed by atoms with Crippen molar-refractivity contribution in [2.75, 3.05) is 13.1 Å². The third kappa shape index (κ3) is 4.35. The second-order valence-corrected chi connectivity index (χ2v) is 7.43. The number of piperidine rings is 1. The maximum atomic E-state index is 13.7. The summed E-state index contributed by atoms with van der Waals surface area (Å²) in [6, 6.07) is 1.16. The van der Waals surface area contributed by atoms with Gasteiger partial charge in [-0.2, -0.15) is 0 Å². The normalized spacial score (nSPS) is 22.7. The van der Waals surface area contributed by atoms with E-state index in [1.54, 1.807) is 0 Å². The highest BCUT2D eigenvalue weighted by Gasteiger charge is 2.29. The lowest BCUT2D eigenvalue weighted by Crippen LogP contribution is -2.50. The van der Waals surface area contributed by atoms with Crippen LogP contribution in [0.4, 0.5) is 8.78 Å². The molecule has 2 unspecified atom stereocenters. The van der Waals surface area contributed by atoms with Crippen LogP contribution in [0.2, 0.25) is 0 Å². The van der Waals surface area contributed by atoms with Gasteiger partial charge in [0.1, 0.15) is 16.5 Å². The molecule has 4 nitrogen and oxygen atoms in total. The summed E-state index contributed by atoms with van der Waals surface area (Å²) in [5, 5.41) is 3.07. The molecule has 0 spiro atoms. The Morgan fingerprint density at radius 3 is 2.62 bits per heavy atom. The zero-order chi connectivity index (χ0) is 14.9. The topological polar surface area (TPSA) is 58.2 Å². The number of nitrogens with one attached hydrogen (secondary N) is 2. The second-order valence-electron chi connectivity index (χ2n) is 4.89. The minimum Gasteiger partial charge on any atom is -0.315 e. The first-order chi connectivity index (χ1) is 9.31. The lowest BCUT2D eigenvalue weighted by Gasteiger charge is -2.30. The summed E-state index contributed by atoms with van der Waals surface area (Å²) in [7, 11) is -4.09. The van der Waals surface area contributed by atoms with Crippen molar-refractivity contribution in [2.45, 2.75) is 24.3 Å². The van der Waals surface area contributed by atoms with Gasteiger partial charge in [0.25, 0.3) is 0 Å². The fourth-order valence-corrected chi connectivity index (χ4v) is 3.85. The van der Waals surface area contributed by atoms with Gasteiger partial charge in [0.05, 0.1) is 4.47 Å². The average molecular weight is 406 g/mol.